The minimum atomic E-state index is 0.918. The maximum Gasteiger partial charge on any atom is 0.0367 e. The van der Waals surface area contributed by atoms with E-state index in [1.54, 1.807) is 0 Å². The summed E-state index contributed by atoms with van der Waals surface area (Å²) in [7, 11) is 0. The van der Waals surface area contributed by atoms with Gasteiger partial charge in [-0.1, -0.05) is 15.9 Å². The van der Waals surface area contributed by atoms with E-state index in [4.69, 9.17) is 0 Å². The molecule has 0 atom stereocenters. The molecule has 0 bridgehead atoms. The van der Waals surface area contributed by atoms with Crippen LogP contribution in [0.5, 0.6) is 0 Å². The Bertz CT molecular complexity index is 580. The Morgan fingerprint density at radius 2 is 1.65 bits per heavy atom. The number of piperazine rings is 1. The molecule has 2 heterocycles. The van der Waals surface area contributed by atoms with Crippen molar-refractivity contribution in [1.82, 2.24) is 15.2 Å². The van der Waals surface area contributed by atoms with Crippen LogP contribution in [0.4, 0.5) is 5.69 Å². The van der Waals surface area contributed by atoms with Gasteiger partial charge in [0.05, 0.1) is 0 Å². The third-order valence-corrected chi connectivity index (χ3v) is 4.78. The first-order valence-corrected chi connectivity index (χ1v) is 8.93. The Labute approximate surface area is 146 Å². The molecule has 0 unspecified atom stereocenters. The number of nitrogens with one attached hydrogen (secondary N) is 1. The van der Waals surface area contributed by atoms with Crippen LogP contribution in [0.1, 0.15) is 5.56 Å². The second-order valence-electron chi connectivity index (χ2n) is 5.84. The van der Waals surface area contributed by atoms with Gasteiger partial charge in [0.25, 0.3) is 0 Å². The number of hydrogen-bond acceptors (Lipinski definition) is 4. The molecule has 1 N–H and O–H groups in total. The predicted molar refractivity (Wildman–Crippen MR) is 98.7 cm³/mol. The molecule has 5 heteroatoms. The standard InChI is InChI=1S/C18H23BrN4/c19-17-1-3-18(4-2-17)23-13-11-22(12-14-23)10-9-21-15-16-5-7-20-8-6-16/h1-8,21H,9-15H2. The second-order valence-corrected chi connectivity index (χ2v) is 6.75. The van der Waals surface area contributed by atoms with E-state index in [0.29, 0.717) is 0 Å². The van der Waals surface area contributed by atoms with Crippen molar-refractivity contribution < 1.29 is 0 Å². The Hall–Kier alpha value is -1.43. The highest BCUT2D eigenvalue weighted by atomic mass is 79.9. The van der Waals surface area contributed by atoms with Crippen molar-refractivity contribution in [1.29, 1.82) is 0 Å². The number of hydrogen-bond donors (Lipinski definition) is 1. The molecule has 0 amide bonds. The number of nitrogens with zero attached hydrogens (tertiary/aromatic N) is 3. The molecule has 1 aliphatic heterocycles. The van der Waals surface area contributed by atoms with Crippen LogP contribution in [0, 0.1) is 0 Å². The minimum absolute atomic E-state index is 0.918. The minimum Gasteiger partial charge on any atom is -0.369 e. The van der Waals surface area contributed by atoms with Crippen molar-refractivity contribution in [3.8, 4) is 0 Å². The molecule has 1 fully saturated rings. The van der Waals surface area contributed by atoms with Crippen molar-refractivity contribution in [2.75, 3.05) is 44.2 Å². The predicted octanol–water partition coefficient (Wildman–Crippen LogP) is 2.76. The van der Waals surface area contributed by atoms with Crippen LogP contribution >= 0.6 is 15.9 Å². The molecule has 122 valence electrons. The second kappa shape index (κ2) is 8.43. The fraction of sp³-hybridized carbons (Fsp3) is 0.389. The van der Waals surface area contributed by atoms with Gasteiger partial charge in [0.15, 0.2) is 0 Å². The van der Waals surface area contributed by atoms with E-state index >= 15 is 0 Å². The molecule has 0 saturated carbocycles. The summed E-state index contributed by atoms with van der Waals surface area (Å²) in [4.78, 5) is 9.04. The van der Waals surface area contributed by atoms with Gasteiger partial charge in [-0.3, -0.25) is 9.88 Å². The zero-order valence-corrected chi connectivity index (χ0v) is 14.9. The number of rotatable bonds is 6. The average molecular weight is 375 g/mol. The average Bonchev–Trinajstić information content (AvgIpc) is 2.61. The largest absolute Gasteiger partial charge is 0.369 e. The Balaban J connectivity index is 1.35. The third-order valence-electron chi connectivity index (χ3n) is 4.25. The molecule has 23 heavy (non-hydrogen) atoms. The van der Waals surface area contributed by atoms with Gasteiger partial charge in [-0.05, 0) is 42.0 Å². The lowest BCUT2D eigenvalue weighted by Gasteiger charge is -2.36. The quantitative estimate of drug-likeness (QED) is 0.787. The molecule has 1 aromatic heterocycles. The summed E-state index contributed by atoms with van der Waals surface area (Å²) in [5.74, 6) is 0. The number of benzene rings is 1. The van der Waals surface area contributed by atoms with Crippen LogP contribution in [-0.2, 0) is 6.54 Å². The van der Waals surface area contributed by atoms with E-state index in [1.165, 1.54) is 11.3 Å². The monoisotopic (exact) mass is 374 g/mol. The van der Waals surface area contributed by atoms with Gasteiger partial charge in [-0.15, -0.1) is 0 Å². The van der Waals surface area contributed by atoms with Gasteiger partial charge in [0.1, 0.15) is 0 Å². The summed E-state index contributed by atoms with van der Waals surface area (Å²) >= 11 is 3.49. The normalized spacial score (nSPS) is 15.8. The number of halogens is 1. The first kappa shape index (κ1) is 16.4. The molecule has 4 nitrogen and oxygen atoms in total. The van der Waals surface area contributed by atoms with E-state index in [0.717, 1.165) is 50.3 Å². The van der Waals surface area contributed by atoms with Gasteiger partial charge in [0, 0.05) is 68.4 Å². The molecule has 0 spiro atoms. The van der Waals surface area contributed by atoms with Crippen LogP contribution in [0.25, 0.3) is 0 Å². The Morgan fingerprint density at radius 1 is 0.957 bits per heavy atom. The summed E-state index contributed by atoms with van der Waals surface area (Å²) in [5, 5.41) is 3.51. The summed E-state index contributed by atoms with van der Waals surface area (Å²) in [6.45, 7) is 7.53. The fourth-order valence-corrected chi connectivity index (χ4v) is 3.12. The van der Waals surface area contributed by atoms with Gasteiger partial charge < -0.3 is 10.2 Å². The molecule has 0 radical (unpaired) electrons. The number of aromatic nitrogens is 1. The first-order valence-electron chi connectivity index (χ1n) is 8.14. The van der Waals surface area contributed by atoms with Crippen LogP contribution in [0.3, 0.4) is 0 Å². The summed E-state index contributed by atoms with van der Waals surface area (Å²) < 4.78 is 1.14. The molecule has 1 aliphatic rings. The van der Waals surface area contributed by atoms with Crippen molar-refractivity contribution in [3.05, 3.63) is 58.8 Å². The van der Waals surface area contributed by atoms with Crippen molar-refractivity contribution in [2.45, 2.75) is 6.54 Å². The van der Waals surface area contributed by atoms with Crippen LogP contribution in [0.2, 0.25) is 0 Å². The SMILES string of the molecule is Brc1ccc(N2CCN(CCNCc3ccncc3)CC2)cc1. The number of anilines is 1. The smallest absolute Gasteiger partial charge is 0.0367 e. The molecule has 3 rings (SSSR count). The topological polar surface area (TPSA) is 31.4 Å². The highest BCUT2D eigenvalue weighted by Gasteiger charge is 2.16. The number of pyridine rings is 1. The lowest BCUT2D eigenvalue weighted by Crippen LogP contribution is -2.48. The van der Waals surface area contributed by atoms with Gasteiger partial charge >= 0.3 is 0 Å². The molecule has 1 aromatic carbocycles. The molecular weight excluding hydrogens is 352 g/mol. The Morgan fingerprint density at radius 3 is 2.35 bits per heavy atom. The molecule has 2 aromatic rings. The zero-order chi connectivity index (χ0) is 15.9. The van der Waals surface area contributed by atoms with Crippen molar-refractivity contribution in [2.24, 2.45) is 0 Å². The van der Waals surface area contributed by atoms with E-state index in [-0.39, 0.29) is 0 Å². The molecule has 1 saturated heterocycles. The molecule has 0 aliphatic carbocycles. The first-order chi connectivity index (χ1) is 11.3. The van der Waals surface area contributed by atoms with Crippen LogP contribution < -0.4 is 10.2 Å². The van der Waals surface area contributed by atoms with Crippen molar-refractivity contribution >= 4 is 21.6 Å². The van der Waals surface area contributed by atoms with Gasteiger partial charge in [0.2, 0.25) is 0 Å². The molecular formula is C18H23BrN4. The van der Waals surface area contributed by atoms with Gasteiger partial charge in [-0.2, -0.15) is 0 Å². The van der Waals surface area contributed by atoms with E-state index in [1.807, 2.05) is 12.4 Å². The lowest BCUT2D eigenvalue weighted by atomic mass is 10.2. The van der Waals surface area contributed by atoms with Crippen LogP contribution in [0.15, 0.2) is 53.3 Å². The lowest BCUT2D eigenvalue weighted by molar-refractivity contribution is 0.257. The summed E-state index contributed by atoms with van der Waals surface area (Å²) in [6, 6.07) is 12.7. The maximum atomic E-state index is 4.04. The van der Waals surface area contributed by atoms with Crippen LogP contribution in [-0.4, -0.2) is 49.2 Å². The van der Waals surface area contributed by atoms with E-state index in [2.05, 4.69) is 72.4 Å². The van der Waals surface area contributed by atoms with E-state index < -0.39 is 0 Å². The Kier molecular flexibility index (Phi) is 6.02. The maximum absolute atomic E-state index is 4.04. The summed E-state index contributed by atoms with van der Waals surface area (Å²) in [5.41, 5.74) is 2.61. The highest BCUT2D eigenvalue weighted by Crippen LogP contribution is 2.19. The zero-order valence-electron chi connectivity index (χ0n) is 13.3. The van der Waals surface area contributed by atoms with Crippen molar-refractivity contribution in [3.63, 3.8) is 0 Å². The fourth-order valence-electron chi connectivity index (χ4n) is 2.85. The summed E-state index contributed by atoms with van der Waals surface area (Å²) in [6.07, 6.45) is 3.69. The van der Waals surface area contributed by atoms with Gasteiger partial charge in [-0.25, -0.2) is 0 Å². The highest BCUT2D eigenvalue weighted by molar-refractivity contribution is 9.10. The van der Waals surface area contributed by atoms with E-state index in [9.17, 15) is 0 Å². The third kappa shape index (κ3) is 5.03.